The third-order valence-electron chi connectivity index (χ3n) is 6.17. The van der Waals surface area contributed by atoms with Crippen LogP contribution in [-0.4, -0.2) is 92.6 Å². The predicted octanol–water partition coefficient (Wildman–Crippen LogP) is 3.96. The first-order valence-electron chi connectivity index (χ1n) is 11.6. The maximum absolute atomic E-state index is 15.0. The molecule has 42 heavy (non-hydrogen) atoms. The number of aliphatic carboxylic acids is 2. The maximum Gasteiger partial charge on any atom is 0.490 e. The zero-order valence-electron chi connectivity index (χ0n) is 21.4. The topological polar surface area (TPSA) is 137 Å². The number of aromatic nitrogens is 3. The van der Waals surface area contributed by atoms with E-state index in [9.17, 15) is 44.3 Å². The Balaban J connectivity index is 0.000000367. The average Bonchev–Trinajstić information content (AvgIpc) is 3.31. The van der Waals surface area contributed by atoms with Crippen LogP contribution in [0.4, 0.5) is 45.3 Å². The molecule has 0 radical (unpaired) electrons. The molecule has 2 N–H and O–H groups in total. The SMILES string of the molecule is Cc1ccc(N2CCC3(CN(C(=O)c4ccnc(F)c4)CCC3(F)F)C2)nn1.O=C(O)C(F)(F)F.O=C(O)C(F)(F)F. The molecule has 2 saturated heterocycles. The van der Waals surface area contributed by atoms with E-state index in [2.05, 4.69) is 15.2 Å². The molecule has 2 aliphatic heterocycles. The van der Waals surface area contributed by atoms with Crippen LogP contribution < -0.4 is 4.90 Å². The summed E-state index contributed by atoms with van der Waals surface area (Å²) in [7, 11) is 0. The van der Waals surface area contributed by atoms with Crippen LogP contribution in [0.2, 0.25) is 0 Å². The van der Waals surface area contributed by atoms with E-state index < -0.39 is 53.9 Å². The highest BCUT2D eigenvalue weighted by molar-refractivity contribution is 5.94. The van der Waals surface area contributed by atoms with Crippen molar-refractivity contribution in [1.82, 2.24) is 20.1 Å². The van der Waals surface area contributed by atoms with E-state index in [1.165, 1.54) is 17.2 Å². The summed E-state index contributed by atoms with van der Waals surface area (Å²) in [5, 5.41) is 22.3. The van der Waals surface area contributed by atoms with E-state index in [4.69, 9.17) is 19.8 Å². The first-order valence-corrected chi connectivity index (χ1v) is 11.6. The molecule has 2 aromatic rings. The lowest BCUT2D eigenvalue weighted by Crippen LogP contribution is -2.58. The summed E-state index contributed by atoms with van der Waals surface area (Å²) in [6.45, 7) is 2.16. The molecule has 4 heterocycles. The monoisotopic (exact) mass is 619 g/mol. The fourth-order valence-electron chi connectivity index (χ4n) is 4.05. The lowest BCUT2D eigenvalue weighted by molar-refractivity contribution is -0.193. The molecule has 0 bridgehead atoms. The number of nitrogens with zero attached hydrogens (tertiary/aromatic N) is 5. The van der Waals surface area contributed by atoms with Gasteiger partial charge in [0.15, 0.2) is 5.82 Å². The molecule has 10 nitrogen and oxygen atoms in total. The lowest BCUT2D eigenvalue weighted by Gasteiger charge is -2.45. The number of pyridine rings is 1. The second-order valence-electron chi connectivity index (χ2n) is 9.14. The number of carboxylic acid groups (broad SMARTS) is 2. The fraction of sp³-hybridized carbons (Fsp3) is 0.478. The Morgan fingerprint density at radius 2 is 1.45 bits per heavy atom. The van der Waals surface area contributed by atoms with Crippen LogP contribution in [0.25, 0.3) is 0 Å². The second-order valence-corrected chi connectivity index (χ2v) is 9.14. The molecule has 2 aromatic heterocycles. The van der Waals surface area contributed by atoms with Crippen LogP contribution in [0.3, 0.4) is 0 Å². The van der Waals surface area contributed by atoms with Gasteiger partial charge in [0.05, 0.1) is 11.1 Å². The summed E-state index contributed by atoms with van der Waals surface area (Å²) in [6, 6.07) is 5.99. The smallest absolute Gasteiger partial charge is 0.475 e. The Labute approximate surface area is 230 Å². The van der Waals surface area contributed by atoms with Crippen LogP contribution in [0.15, 0.2) is 30.5 Å². The molecular weight excluding hydrogens is 597 g/mol. The summed E-state index contributed by atoms with van der Waals surface area (Å²) in [6.07, 6.45) is -9.14. The van der Waals surface area contributed by atoms with Crippen LogP contribution in [-0.2, 0) is 9.59 Å². The van der Waals surface area contributed by atoms with E-state index in [0.29, 0.717) is 12.4 Å². The number of halogens is 9. The van der Waals surface area contributed by atoms with Crippen molar-refractivity contribution >= 4 is 23.7 Å². The summed E-state index contributed by atoms with van der Waals surface area (Å²) in [5.74, 6) is -9.09. The highest BCUT2D eigenvalue weighted by Gasteiger charge is 2.60. The van der Waals surface area contributed by atoms with Gasteiger partial charge in [-0.15, -0.1) is 5.10 Å². The Morgan fingerprint density at radius 1 is 0.881 bits per heavy atom. The third kappa shape index (κ3) is 8.65. The molecule has 4 rings (SSSR count). The Kier molecular flexibility index (Phi) is 10.3. The zero-order chi connectivity index (χ0) is 32.1. The minimum absolute atomic E-state index is 0.0676. The number of carbonyl (C=O) groups is 3. The largest absolute Gasteiger partial charge is 0.490 e. The van der Waals surface area contributed by atoms with Crippen molar-refractivity contribution in [3.63, 3.8) is 0 Å². The van der Waals surface area contributed by atoms with Crippen molar-refractivity contribution in [3.05, 3.63) is 47.7 Å². The first-order chi connectivity index (χ1) is 19.2. The van der Waals surface area contributed by atoms with E-state index >= 15 is 0 Å². The first kappa shape index (κ1) is 34.0. The number of likely N-dealkylation sites (tertiary alicyclic amines) is 1. The van der Waals surface area contributed by atoms with Gasteiger partial charge in [0.25, 0.3) is 11.8 Å². The number of carbonyl (C=O) groups excluding carboxylic acids is 1. The van der Waals surface area contributed by atoms with E-state index in [1.54, 1.807) is 17.0 Å². The number of piperidine rings is 1. The van der Waals surface area contributed by atoms with Gasteiger partial charge in [-0.2, -0.15) is 35.8 Å². The number of hydrogen-bond donors (Lipinski definition) is 2. The molecule has 2 aliphatic rings. The molecular formula is C23H22F9N5O5. The summed E-state index contributed by atoms with van der Waals surface area (Å²) in [4.78, 5) is 37.2. The van der Waals surface area contributed by atoms with E-state index in [-0.39, 0.29) is 31.6 Å². The van der Waals surface area contributed by atoms with Gasteiger partial charge in [-0.1, -0.05) is 0 Å². The Bertz CT molecular complexity index is 1250. The van der Waals surface area contributed by atoms with Gasteiger partial charge in [-0.3, -0.25) is 4.79 Å². The summed E-state index contributed by atoms with van der Waals surface area (Å²) in [5.41, 5.74) is -0.492. The van der Waals surface area contributed by atoms with Gasteiger partial charge in [0.1, 0.15) is 0 Å². The van der Waals surface area contributed by atoms with Gasteiger partial charge in [-0.05, 0) is 31.5 Å². The number of anilines is 1. The van der Waals surface area contributed by atoms with Crippen molar-refractivity contribution in [2.75, 3.05) is 31.1 Å². The Hall–Kier alpha value is -4.19. The molecule has 19 heteroatoms. The zero-order valence-corrected chi connectivity index (χ0v) is 21.4. The number of carboxylic acids is 2. The molecule has 0 aliphatic carbocycles. The maximum atomic E-state index is 15.0. The normalized spacial score (nSPS) is 19.8. The van der Waals surface area contributed by atoms with Crippen LogP contribution in [0, 0.1) is 18.3 Å². The lowest BCUT2D eigenvalue weighted by atomic mass is 9.75. The van der Waals surface area contributed by atoms with Crippen LogP contribution >= 0.6 is 0 Å². The van der Waals surface area contributed by atoms with Crippen molar-refractivity contribution in [2.45, 2.75) is 38.0 Å². The number of amides is 1. The van der Waals surface area contributed by atoms with Gasteiger partial charge in [0, 0.05) is 50.4 Å². The van der Waals surface area contributed by atoms with E-state index in [1.807, 2.05) is 6.92 Å². The standard InChI is InChI=1S/C19H20F3N5O.2C2HF3O2/c1-13-2-3-16(25-24-13)26-8-5-18(11-26)12-27(9-6-19(18,21)22)17(28)14-4-7-23-15(20)10-14;2*3-2(4,5)1(6)7/h2-4,7,10H,5-6,8-9,11-12H2,1H3;2*(H,6,7). The van der Waals surface area contributed by atoms with Crippen molar-refractivity contribution in [2.24, 2.45) is 5.41 Å². The molecule has 1 spiro atoms. The van der Waals surface area contributed by atoms with Gasteiger partial charge < -0.3 is 20.0 Å². The average molecular weight is 619 g/mol. The highest BCUT2D eigenvalue weighted by atomic mass is 19.4. The number of hydrogen-bond acceptors (Lipinski definition) is 7. The quantitative estimate of drug-likeness (QED) is 0.378. The van der Waals surface area contributed by atoms with Crippen LogP contribution in [0.5, 0.6) is 0 Å². The van der Waals surface area contributed by atoms with Gasteiger partial charge >= 0.3 is 24.3 Å². The predicted molar refractivity (Wildman–Crippen MR) is 123 cm³/mol. The molecule has 0 aromatic carbocycles. The number of alkyl halides is 8. The molecule has 1 amide bonds. The molecule has 2 fully saturated rings. The second kappa shape index (κ2) is 12.8. The molecule has 0 saturated carbocycles. The Morgan fingerprint density at radius 3 is 1.93 bits per heavy atom. The van der Waals surface area contributed by atoms with Crippen molar-refractivity contribution in [1.29, 1.82) is 0 Å². The summed E-state index contributed by atoms with van der Waals surface area (Å²) >= 11 is 0. The van der Waals surface area contributed by atoms with Gasteiger partial charge in [-0.25, -0.2) is 23.4 Å². The van der Waals surface area contributed by atoms with E-state index in [0.717, 1.165) is 11.8 Å². The van der Waals surface area contributed by atoms with Crippen molar-refractivity contribution < 1.29 is 64.1 Å². The fourth-order valence-corrected chi connectivity index (χ4v) is 4.05. The number of aryl methyl sites for hydroxylation is 1. The minimum Gasteiger partial charge on any atom is -0.475 e. The minimum atomic E-state index is -5.08. The van der Waals surface area contributed by atoms with Gasteiger partial charge in [0.2, 0.25) is 5.95 Å². The van der Waals surface area contributed by atoms with Crippen LogP contribution in [0.1, 0.15) is 28.9 Å². The summed E-state index contributed by atoms with van der Waals surface area (Å²) < 4.78 is 107. The van der Waals surface area contributed by atoms with Crippen molar-refractivity contribution in [3.8, 4) is 0 Å². The molecule has 232 valence electrons. The highest BCUT2D eigenvalue weighted by Crippen LogP contribution is 2.50. The number of rotatable bonds is 2. The third-order valence-corrected chi connectivity index (χ3v) is 6.17. The molecule has 1 unspecified atom stereocenters. The molecule has 1 atom stereocenters.